The zero-order valence-electron chi connectivity index (χ0n) is 16.1. The third-order valence-corrected chi connectivity index (χ3v) is 5.46. The first-order valence-corrected chi connectivity index (χ1v) is 10.1. The van der Waals surface area contributed by atoms with E-state index in [1.165, 1.54) is 18.6 Å². The van der Waals surface area contributed by atoms with Crippen LogP contribution >= 0.6 is 11.3 Å². The van der Waals surface area contributed by atoms with Gasteiger partial charge >= 0.3 is 0 Å². The molecule has 0 unspecified atom stereocenters. The Kier molecular flexibility index (Phi) is 5.35. The van der Waals surface area contributed by atoms with Crippen LogP contribution in [-0.4, -0.2) is 34.8 Å². The molecule has 1 aromatic carbocycles. The number of hydrogen-bond donors (Lipinski definition) is 1. The fraction of sp³-hybridized carbons (Fsp3) is 0.238. The lowest BCUT2D eigenvalue weighted by Gasteiger charge is -2.09. The van der Waals surface area contributed by atoms with Crippen LogP contribution in [0.2, 0.25) is 0 Å². The normalized spacial score (nSPS) is 13.9. The van der Waals surface area contributed by atoms with Crippen LogP contribution in [0.3, 0.4) is 0 Å². The van der Waals surface area contributed by atoms with Crippen LogP contribution in [0.1, 0.15) is 23.7 Å². The van der Waals surface area contributed by atoms with E-state index < -0.39 is 5.95 Å². The molecule has 0 radical (unpaired) electrons. The van der Waals surface area contributed by atoms with E-state index in [1.807, 2.05) is 32.0 Å². The number of nitrogens with zero attached hydrogens (tertiary/aromatic N) is 4. The minimum Gasteiger partial charge on any atom is -0.493 e. The molecule has 4 rings (SSSR count). The summed E-state index contributed by atoms with van der Waals surface area (Å²) >= 11 is 1.55. The number of aromatic nitrogens is 2. The summed E-state index contributed by atoms with van der Waals surface area (Å²) in [6.45, 7) is 4.53. The van der Waals surface area contributed by atoms with Gasteiger partial charge in [-0.1, -0.05) is 6.07 Å². The number of thiazole rings is 1. The van der Waals surface area contributed by atoms with E-state index in [0.717, 1.165) is 44.4 Å². The van der Waals surface area contributed by atoms with Crippen molar-refractivity contribution in [1.82, 2.24) is 9.97 Å². The molecule has 6 nitrogen and oxygen atoms in total. The molecule has 0 fully saturated rings. The Morgan fingerprint density at radius 2 is 2.10 bits per heavy atom. The Labute approximate surface area is 172 Å². The predicted octanol–water partition coefficient (Wildman–Crippen LogP) is 4.09. The highest BCUT2D eigenvalue weighted by Gasteiger charge is 2.23. The Morgan fingerprint density at radius 1 is 1.28 bits per heavy atom. The first-order valence-electron chi connectivity index (χ1n) is 9.26. The van der Waals surface area contributed by atoms with Crippen LogP contribution < -0.4 is 10.5 Å². The van der Waals surface area contributed by atoms with E-state index in [9.17, 15) is 4.39 Å². The highest BCUT2D eigenvalue weighted by atomic mass is 32.1. The molecule has 0 bridgehead atoms. The lowest BCUT2D eigenvalue weighted by atomic mass is 10.0. The zero-order chi connectivity index (χ0) is 20.4. The molecule has 148 valence electrons. The first kappa shape index (κ1) is 19.2. The second kappa shape index (κ2) is 8.08. The number of fused-ring (bicyclic) bond motifs is 3. The van der Waals surface area contributed by atoms with E-state index in [0.29, 0.717) is 12.4 Å². The van der Waals surface area contributed by atoms with Crippen molar-refractivity contribution in [2.45, 2.75) is 26.3 Å². The van der Waals surface area contributed by atoms with Gasteiger partial charge in [0.2, 0.25) is 5.95 Å². The standard InChI is InChI=1S/C21H20FN5OS/c1-12(2)26-20(25-11-23)21-27-19-15-9-13(14-4-6-18(22)24-10-14)3-5-16(15)28-8-7-17(19)29-21/h3-6,9-12H,7-8H2,1-2H3,(H2,23,25,26). The number of ether oxygens (including phenoxy) is 1. The van der Waals surface area contributed by atoms with E-state index >= 15 is 0 Å². The second-order valence-corrected chi connectivity index (χ2v) is 7.88. The van der Waals surface area contributed by atoms with Gasteiger partial charge in [-0.15, -0.1) is 11.3 Å². The smallest absolute Gasteiger partial charge is 0.212 e. The van der Waals surface area contributed by atoms with E-state index in [2.05, 4.69) is 15.0 Å². The molecule has 2 aromatic heterocycles. The van der Waals surface area contributed by atoms with Crippen molar-refractivity contribution in [2.24, 2.45) is 15.7 Å². The highest BCUT2D eigenvalue weighted by Crippen LogP contribution is 2.40. The van der Waals surface area contributed by atoms with Crippen LogP contribution in [-0.2, 0) is 6.42 Å². The van der Waals surface area contributed by atoms with Gasteiger partial charge in [0, 0.05) is 34.7 Å². The van der Waals surface area contributed by atoms with Crippen molar-refractivity contribution < 1.29 is 9.13 Å². The lowest BCUT2D eigenvalue weighted by molar-refractivity contribution is 0.327. The van der Waals surface area contributed by atoms with E-state index in [-0.39, 0.29) is 6.04 Å². The molecular formula is C21H20FN5OS. The van der Waals surface area contributed by atoms with Crippen LogP contribution in [0.4, 0.5) is 4.39 Å². The Hall–Kier alpha value is -3.13. The summed E-state index contributed by atoms with van der Waals surface area (Å²) in [6.07, 6.45) is 3.51. The fourth-order valence-electron chi connectivity index (χ4n) is 3.11. The molecule has 0 spiro atoms. The third kappa shape index (κ3) is 4.02. The molecule has 0 atom stereocenters. The Morgan fingerprint density at radius 3 is 2.83 bits per heavy atom. The largest absolute Gasteiger partial charge is 0.493 e. The molecule has 8 heteroatoms. The number of halogens is 1. The summed E-state index contributed by atoms with van der Waals surface area (Å²) in [4.78, 5) is 18.4. The third-order valence-electron chi connectivity index (χ3n) is 4.35. The van der Waals surface area contributed by atoms with E-state index in [1.54, 1.807) is 17.4 Å². The SMILES string of the molecule is CC(C)N=C(N=CN)c1nc2c(s1)CCOc1ccc(-c3ccc(F)nc3)cc1-2. The maximum Gasteiger partial charge on any atom is 0.212 e. The summed E-state index contributed by atoms with van der Waals surface area (Å²) in [5.74, 6) is 0.793. The number of amidine groups is 1. The molecular weight excluding hydrogens is 389 g/mol. The lowest BCUT2D eigenvalue weighted by Crippen LogP contribution is -2.05. The van der Waals surface area contributed by atoms with Gasteiger partial charge in [0.1, 0.15) is 5.75 Å². The van der Waals surface area contributed by atoms with Crippen molar-refractivity contribution >= 4 is 23.5 Å². The van der Waals surface area contributed by atoms with Gasteiger partial charge in [-0.3, -0.25) is 4.99 Å². The number of benzene rings is 1. The number of rotatable bonds is 3. The molecule has 1 aliphatic rings. The van der Waals surface area contributed by atoms with Crippen molar-refractivity contribution in [1.29, 1.82) is 0 Å². The van der Waals surface area contributed by atoms with Crippen LogP contribution in [0.15, 0.2) is 46.5 Å². The molecule has 0 saturated carbocycles. The van der Waals surface area contributed by atoms with Crippen molar-refractivity contribution in [3.05, 3.63) is 52.4 Å². The van der Waals surface area contributed by atoms with Gasteiger partial charge < -0.3 is 10.5 Å². The molecule has 2 N–H and O–H groups in total. The Balaban J connectivity index is 1.82. The minimum absolute atomic E-state index is 0.0746. The molecule has 0 saturated heterocycles. The fourth-order valence-corrected chi connectivity index (χ4v) is 4.11. The van der Waals surface area contributed by atoms with Gasteiger partial charge in [0.25, 0.3) is 0 Å². The average Bonchev–Trinajstić information content (AvgIpc) is 3.05. The van der Waals surface area contributed by atoms with Crippen LogP contribution in [0, 0.1) is 5.95 Å². The molecule has 29 heavy (non-hydrogen) atoms. The predicted molar refractivity (Wildman–Crippen MR) is 114 cm³/mol. The number of nitrogens with two attached hydrogens (primary N) is 1. The number of pyridine rings is 1. The summed E-state index contributed by atoms with van der Waals surface area (Å²) in [5, 5.41) is 0.729. The Bertz CT molecular complexity index is 1090. The zero-order valence-corrected chi connectivity index (χ0v) is 16.9. The second-order valence-electron chi connectivity index (χ2n) is 6.79. The topological polar surface area (TPSA) is 85.8 Å². The van der Waals surface area contributed by atoms with Gasteiger partial charge in [0.15, 0.2) is 10.8 Å². The summed E-state index contributed by atoms with van der Waals surface area (Å²) in [7, 11) is 0. The van der Waals surface area contributed by atoms with Gasteiger partial charge in [-0.25, -0.2) is 15.0 Å². The molecule has 0 amide bonds. The summed E-state index contributed by atoms with van der Waals surface area (Å²) in [5.41, 5.74) is 9.00. The molecule has 3 aromatic rings. The van der Waals surface area contributed by atoms with Crippen molar-refractivity contribution in [2.75, 3.05) is 6.61 Å². The molecule has 1 aliphatic heterocycles. The summed E-state index contributed by atoms with van der Waals surface area (Å²) in [6, 6.07) is 9.00. The van der Waals surface area contributed by atoms with Crippen molar-refractivity contribution in [3.63, 3.8) is 0 Å². The van der Waals surface area contributed by atoms with Gasteiger partial charge in [-0.05, 0) is 43.7 Å². The number of aliphatic imine (C=N–C) groups is 2. The highest BCUT2D eigenvalue weighted by molar-refractivity contribution is 7.14. The maximum atomic E-state index is 13.2. The first-order chi connectivity index (χ1) is 14.0. The van der Waals surface area contributed by atoms with Crippen LogP contribution in [0.5, 0.6) is 5.75 Å². The van der Waals surface area contributed by atoms with Crippen molar-refractivity contribution in [3.8, 4) is 28.1 Å². The van der Waals surface area contributed by atoms with Gasteiger partial charge in [0.05, 0.1) is 18.6 Å². The number of hydrogen-bond acceptors (Lipinski definition) is 5. The minimum atomic E-state index is -0.504. The monoisotopic (exact) mass is 409 g/mol. The summed E-state index contributed by atoms with van der Waals surface area (Å²) < 4.78 is 19.1. The van der Waals surface area contributed by atoms with Crippen LogP contribution in [0.25, 0.3) is 22.4 Å². The average molecular weight is 409 g/mol. The molecule has 0 aliphatic carbocycles. The maximum absolute atomic E-state index is 13.2. The quantitative estimate of drug-likeness (QED) is 0.401. The molecule has 3 heterocycles. The van der Waals surface area contributed by atoms with Gasteiger partial charge in [-0.2, -0.15) is 4.39 Å². The van der Waals surface area contributed by atoms with E-state index in [4.69, 9.17) is 15.5 Å².